The van der Waals surface area contributed by atoms with E-state index in [0.717, 1.165) is 12.0 Å². The Morgan fingerprint density at radius 3 is 1.32 bits per heavy atom. The molecule has 0 spiro atoms. The van der Waals surface area contributed by atoms with Gasteiger partial charge in [-0.2, -0.15) is 0 Å². The van der Waals surface area contributed by atoms with E-state index in [4.69, 9.17) is 14.2 Å². The molecular weight excluding hydrogens is 801 g/mol. The number of carbonyl (C=O) groups excluding carboxylic acids is 6. The molecule has 8 N–H and O–H groups in total. The number of nitrogens with one attached hydrogen (secondary N) is 8. The van der Waals surface area contributed by atoms with Gasteiger partial charge in [0, 0.05) is 42.4 Å². The predicted octanol–water partition coefficient (Wildman–Crippen LogP) is 5.14. The van der Waals surface area contributed by atoms with Crippen LogP contribution in [0.15, 0.2) is 97.6 Å². The Balaban J connectivity index is 0.000000236. The van der Waals surface area contributed by atoms with Crippen molar-refractivity contribution in [2.24, 2.45) is 0 Å². The zero-order valence-electron chi connectivity index (χ0n) is 34.5. The standard InChI is InChI=1S/C22H23N5O6.C21H21N5O3/c1-23-21(29)16-17(25-11-24-16)22(30)27-13-7-5-12(6-8-13)26-20(28)14-9-10-15(31-2)19(33-4)18(14)32-3;1-3-13-6-4-5-7-16(13)19(27)25-14-8-10-15(11-9-14)26-21(29)18-17(20(28)22-2)23-12-24-18/h5-11H,1-4H3,(H,23,29)(H,24,25)(H,26,28)(H,27,30);4-12H,3H2,1-2H3,(H,22,28)(H,23,24)(H,25,27)(H,26,29). The Morgan fingerprint density at radius 2 is 0.919 bits per heavy atom. The van der Waals surface area contributed by atoms with Gasteiger partial charge in [-0.3, -0.25) is 28.8 Å². The maximum atomic E-state index is 12.8. The molecule has 2 heterocycles. The summed E-state index contributed by atoms with van der Waals surface area (Å²) in [7, 11) is 7.30. The molecule has 19 heteroatoms. The molecule has 6 amide bonds. The van der Waals surface area contributed by atoms with E-state index >= 15 is 0 Å². The van der Waals surface area contributed by atoms with Gasteiger partial charge in [-0.15, -0.1) is 0 Å². The topological polar surface area (TPSA) is 260 Å². The van der Waals surface area contributed by atoms with Crippen LogP contribution in [0.25, 0.3) is 0 Å². The molecule has 62 heavy (non-hydrogen) atoms. The molecule has 6 rings (SSSR count). The molecule has 2 aromatic heterocycles. The van der Waals surface area contributed by atoms with Crippen LogP contribution < -0.4 is 46.1 Å². The minimum absolute atomic E-state index is 0.00194. The van der Waals surface area contributed by atoms with Gasteiger partial charge in [0.25, 0.3) is 35.4 Å². The smallest absolute Gasteiger partial charge is 0.276 e. The van der Waals surface area contributed by atoms with Gasteiger partial charge < -0.3 is 56.1 Å². The molecule has 4 aromatic carbocycles. The van der Waals surface area contributed by atoms with Crippen molar-refractivity contribution >= 4 is 58.2 Å². The number of hydrogen-bond donors (Lipinski definition) is 8. The number of aryl methyl sites for hydroxylation is 1. The van der Waals surface area contributed by atoms with Crippen molar-refractivity contribution in [1.82, 2.24) is 30.6 Å². The van der Waals surface area contributed by atoms with Crippen LogP contribution in [0.5, 0.6) is 17.2 Å². The van der Waals surface area contributed by atoms with Crippen LogP contribution >= 0.6 is 0 Å². The average Bonchev–Trinajstić information content (AvgIpc) is 4.01. The Kier molecular flexibility index (Phi) is 15.1. The van der Waals surface area contributed by atoms with Gasteiger partial charge in [-0.1, -0.05) is 25.1 Å². The van der Waals surface area contributed by atoms with Crippen molar-refractivity contribution in [1.29, 1.82) is 0 Å². The number of aromatic amines is 2. The number of benzene rings is 4. The lowest BCUT2D eigenvalue weighted by atomic mass is 10.0. The molecule has 0 unspecified atom stereocenters. The predicted molar refractivity (Wildman–Crippen MR) is 231 cm³/mol. The summed E-state index contributed by atoms with van der Waals surface area (Å²) < 4.78 is 15.9. The number of nitrogens with zero attached hydrogens (tertiary/aromatic N) is 2. The second-order valence-corrected chi connectivity index (χ2v) is 12.8. The fourth-order valence-corrected chi connectivity index (χ4v) is 5.91. The maximum Gasteiger partial charge on any atom is 0.276 e. The minimum atomic E-state index is -0.554. The molecular formula is C43H44N10O9. The first-order chi connectivity index (χ1) is 30.0. The van der Waals surface area contributed by atoms with Gasteiger partial charge >= 0.3 is 0 Å². The van der Waals surface area contributed by atoms with Crippen LogP contribution in [0, 0.1) is 0 Å². The summed E-state index contributed by atoms with van der Waals surface area (Å²) in [6.45, 7) is 2.00. The summed E-state index contributed by atoms with van der Waals surface area (Å²) in [6, 6.07) is 23.8. The molecule has 320 valence electrons. The Hall–Kier alpha value is -8.48. The maximum absolute atomic E-state index is 12.8. The van der Waals surface area contributed by atoms with Crippen molar-refractivity contribution in [3.05, 3.63) is 137 Å². The normalized spacial score (nSPS) is 10.2. The quantitative estimate of drug-likeness (QED) is 0.0712. The van der Waals surface area contributed by atoms with Gasteiger partial charge in [0.2, 0.25) is 5.75 Å². The van der Waals surface area contributed by atoms with Crippen molar-refractivity contribution in [2.75, 3.05) is 56.7 Å². The van der Waals surface area contributed by atoms with Crippen LogP contribution in [0.1, 0.15) is 75.2 Å². The van der Waals surface area contributed by atoms with Gasteiger partial charge in [-0.05, 0) is 78.7 Å². The van der Waals surface area contributed by atoms with Crippen molar-refractivity contribution in [2.45, 2.75) is 13.3 Å². The number of anilines is 4. The monoisotopic (exact) mass is 844 g/mol. The molecule has 0 aliphatic heterocycles. The second kappa shape index (κ2) is 21.0. The third-order valence-corrected chi connectivity index (χ3v) is 9.01. The van der Waals surface area contributed by atoms with E-state index in [1.807, 2.05) is 25.1 Å². The summed E-state index contributed by atoms with van der Waals surface area (Å²) in [4.78, 5) is 86.8. The van der Waals surface area contributed by atoms with Gasteiger partial charge in [0.15, 0.2) is 22.9 Å². The van der Waals surface area contributed by atoms with Crippen LogP contribution in [0.4, 0.5) is 22.7 Å². The summed E-state index contributed by atoms with van der Waals surface area (Å²) in [5.74, 6) is -1.59. The molecule has 0 aliphatic carbocycles. The highest BCUT2D eigenvalue weighted by atomic mass is 16.5. The highest BCUT2D eigenvalue weighted by molar-refractivity contribution is 6.11. The molecule has 0 aliphatic rings. The van der Waals surface area contributed by atoms with E-state index in [0.29, 0.717) is 39.8 Å². The molecule has 0 atom stereocenters. The summed E-state index contributed by atoms with van der Waals surface area (Å²) in [5.41, 5.74) is 4.02. The van der Waals surface area contributed by atoms with E-state index in [-0.39, 0.29) is 40.0 Å². The number of carbonyl (C=O) groups is 6. The SMILES string of the molecule is CCc1ccccc1C(=O)Nc1ccc(NC(=O)c2nc[nH]c2C(=O)NC)cc1.CNC(=O)c1[nH]cnc1C(=O)Nc1ccc(NC(=O)c2ccc(OC)c(OC)c2OC)cc1. The lowest BCUT2D eigenvalue weighted by molar-refractivity contribution is 0.0941. The molecule has 0 saturated heterocycles. The summed E-state index contributed by atoms with van der Waals surface area (Å²) >= 11 is 0. The van der Waals surface area contributed by atoms with Gasteiger partial charge in [0.1, 0.15) is 11.4 Å². The average molecular weight is 845 g/mol. The largest absolute Gasteiger partial charge is 0.493 e. The molecule has 0 bridgehead atoms. The van der Waals surface area contributed by atoms with Crippen molar-refractivity contribution < 1.29 is 43.0 Å². The first-order valence-electron chi connectivity index (χ1n) is 18.8. The molecule has 6 aromatic rings. The second-order valence-electron chi connectivity index (χ2n) is 12.8. The van der Waals surface area contributed by atoms with Gasteiger partial charge in [-0.25, -0.2) is 9.97 Å². The number of amides is 6. The van der Waals surface area contributed by atoms with E-state index in [2.05, 4.69) is 51.8 Å². The highest BCUT2D eigenvalue weighted by Gasteiger charge is 2.23. The third kappa shape index (κ3) is 10.6. The third-order valence-electron chi connectivity index (χ3n) is 9.01. The molecule has 19 nitrogen and oxygen atoms in total. The van der Waals surface area contributed by atoms with Crippen LogP contribution in [-0.2, 0) is 6.42 Å². The minimum Gasteiger partial charge on any atom is -0.493 e. The summed E-state index contributed by atoms with van der Waals surface area (Å²) in [6.07, 6.45) is 3.31. The lowest BCUT2D eigenvalue weighted by Gasteiger charge is -2.15. The van der Waals surface area contributed by atoms with E-state index in [9.17, 15) is 28.8 Å². The van der Waals surface area contributed by atoms with E-state index in [1.54, 1.807) is 66.7 Å². The fourth-order valence-electron chi connectivity index (χ4n) is 5.91. The number of rotatable bonds is 14. The van der Waals surface area contributed by atoms with Crippen molar-refractivity contribution in [3.63, 3.8) is 0 Å². The zero-order chi connectivity index (χ0) is 44.8. The number of methoxy groups -OCH3 is 3. The molecule has 0 radical (unpaired) electrons. The molecule has 0 fully saturated rings. The van der Waals surface area contributed by atoms with E-state index in [1.165, 1.54) is 48.1 Å². The number of hydrogen-bond acceptors (Lipinski definition) is 11. The summed E-state index contributed by atoms with van der Waals surface area (Å²) in [5, 5.41) is 15.8. The number of aromatic nitrogens is 4. The van der Waals surface area contributed by atoms with Crippen LogP contribution in [0.2, 0.25) is 0 Å². The highest BCUT2D eigenvalue weighted by Crippen LogP contribution is 2.40. The van der Waals surface area contributed by atoms with Crippen LogP contribution in [-0.4, -0.2) is 90.8 Å². The Labute approximate surface area is 355 Å². The number of imidazole rings is 2. The van der Waals surface area contributed by atoms with Crippen molar-refractivity contribution in [3.8, 4) is 17.2 Å². The Bertz CT molecular complexity index is 2570. The first-order valence-corrected chi connectivity index (χ1v) is 18.8. The van der Waals surface area contributed by atoms with Crippen LogP contribution in [0.3, 0.4) is 0 Å². The number of ether oxygens (including phenoxy) is 3. The fraction of sp³-hybridized carbons (Fsp3) is 0.163. The van der Waals surface area contributed by atoms with E-state index < -0.39 is 29.5 Å². The molecule has 0 saturated carbocycles. The first kappa shape index (κ1) is 44.6. The zero-order valence-corrected chi connectivity index (χ0v) is 34.5. The lowest BCUT2D eigenvalue weighted by Crippen LogP contribution is -2.23. The Morgan fingerprint density at radius 1 is 0.500 bits per heavy atom. The number of H-pyrrole nitrogens is 2. The van der Waals surface area contributed by atoms with Gasteiger partial charge in [0.05, 0.1) is 39.5 Å².